The molecule has 4 nitrogen and oxygen atoms in total. The summed E-state index contributed by atoms with van der Waals surface area (Å²) in [7, 11) is -3.19. The molecule has 0 aromatic rings. The van der Waals surface area contributed by atoms with Crippen LogP contribution in [0.25, 0.3) is 0 Å². The number of rotatable bonds is 10. The van der Waals surface area contributed by atoms with Gasteiger partial charge in [-0.3, -0.25) is 0 Å². The lowest BCUT2D eigenvalue weighted by molar-refractivity contribution is -0.347. The predicted molar refractivity (Wildman–Crippen MR) is 195 cm³/mol. The summed E-state index contributed by atoms with van der Waals surface area (Å²) in [6.07, 6.45) is -8.41. The predicted octanol–water partition coefficient (Wildman–Crippen LogP) is 12.0. The molecule has 0 bridgehead atoms. The quantitative estimate of drug-likeness (QED) is 0.116. The third kappa shape index (κ3) is 8.51. The van der Waals surface area contributed by atoms with E-state index in [1.807, 2.05) is 13.0 Å². The summed E-state index contributed by atoms with van der Waals surface area (Å²) in [5.74, 6) is 0.141. The van der Waals surface area contributed by atoms with Gasteiger partial charge in [-0.2, -0.15) is 52.7 Å². The molecule has 0 amide bonds. The topological polar surface area (TPSA) is 69.9 Å². The van der Waals surface area contributed by atoms with Crippen molar-refractivity contribution in [2.24, 2.45) is 33.5 Å². The van der Waals surface area contributed by atoms with Crippen LogP contribution in [0.5, 0.6) is 0 Å². The van der Waals surface area contributed by atoms with E-state index in [0.717, 1.165) is 74.7 Å². The van der Waals surface area contributed by atoms with Crippen molar-refractivity contribution in [2.45, 2.75) is 171 Å². The van der Waals surface area contributed by atoms with Crippen molar-refractivity contribution in [1.29, 1.82) is 0 Å². The van der Waals surface area contributed by atoms with E-state index in [9.17, 15) is 68.0 Å². The highest BCUT2D eigenvalue weighted by molar-refractivity contribution is 6.69. The molecule has 0 aliphatic heterocycles. The largest absolute Gasteiger partial charge is 0.429 e. The van der Waals surface area contributed by atoms with E-state index in [0.29, 0.717) is 25.7 Å². The number of hydrogen-bond donors (Lipinski definition) is 3. The Morgan fingerprint density at radius 2 is 0.983 bits per heavy atom. The van der Waals surface area contributed by atoms with Gasteiger partial charge in [0.25, 0.3) is 11.2 Å². The van der Waals surface area contributed by atoms with E-state index in [1.165, 1.54) is 19.6 Å². The summed E-state index contributed by atoms with van der Waals surface area (Å²) in [6, 6.07) is 0. The molecule has 4 fully saturated rings. The fourth-order valence-electron chi connectivity index (χ4n) is 10.8. The number of halogens is 12. The summed E-state index contributed by atoms with van der Waals surface area (Å²) >= 11 is 0. The Labute approximate surface area is 333 Å². The first-order valence-corrected chi connectivity index (χ1v) is 23.5. The van der Waals surface area contributed by atoms with Crippen molar-refractivity contribution in [3.05, 3.63) is 47.6 Å². The molecule has 6 aliphatic rings. The first-order chi connectivity index (χ1) is 26.2. The molecule has 2 unspecified atom stereocenters. The molecule has 0 radical (unpaired) electrons. The highest BCUT2D eigenvalue weighted by Gasteiger charge is 2.72. The molecule has 0 saturated heterocycles. The maximum atomic E-state index is 13.8. The lowest BCUT2D eigenvalue weighted by Crippen LogP contribution is -2.61. The van der Waals surface area contributed by atoms with Gasteiger partial charge >= 0.3 is 24.7 Å². The molecular weight excluding hydrogens is 813 g/mol. The van der Waals surface area contributed by atoms with Crippen LogP contribution in [0.3, 0.4) is 0 Å². The number of fused-ring (bicyclic) bond motifs is 2. The van der Waals surface area contributed by atoms with Crippen LogP contribution in [0.2, 0.25) is 19.6 Å². The number of aliphatic hydroxyl groups is 3. The van der Waals surface area contributed by atoms with Gasteiger partial charge in [0.1, 0.15) is 0 Å². The van der Waals surface area contributed by atoms with E-state index in [4.69, 9.17) is 4.43 Å². The second kappa shape index (κ2) is 15.2. The van der Waals surface area contributed by atoms with Crippen molar-refractivity contribution >= 4 is 8.32 Å². The molecule has 0 heterocycles. The minimum absolute atomic E-state index is 0.0196. The van der Waals surface area contributed by atoms with Crippen molar-refractivity contribution in [3.63, 3.8) is 0 Å². The van der Waals surface area contributed by atoms with Crippen LogP contribution in [0.4, 0.5) is 52.7 Å². The molecule has 0 aromatic heterocycles. The van der Waals surface area contributed by atoms with Gasteiger partial charge < -0.3 is 19.7 Å². The van der Waals surface area contributed by atoms with Crippen LogP contribution >= 0.6 is 0 Å². The molecule has 6 atom stereocenters. The van der Waals surface area contributed by atoms with Crippen molar-refractivity contribution in [2.75, 3.05) is 0 Å². The molecule has 0 aromatic carbocycles. The molecule has 332 valence electrons. The SMILES string of the molecule is C[C@]12CCC[C@H](O)C1CC=C2C1(C/C=C/C(O)(C(F)(F)F)C(F)(F)F)CC1.C[C@]12CCC[C@H](O)C1CC=C2C1(C/C=C/C(O[Si](C)(C)C)(C(F)(F)F)C(F)(F)F)CC1. The van der Waals surface area contributed by atoms with Crippen LogP contribution in [-0.4, -0.2) is 71.8 Å². The fourth-order valence-corrected chi connectivity index (χ4v) is 12.1. The van der Waals surface area contributed by atoms with Crippen LogP contribution in [-0.2, 0) is 4.43 Å². The van der Waals surface area contributed by atoms with Crippen molar-refractivity contribution in [1.82, 2.24) is 0 Å². The van der Waals surface area contributed by atoms with Crippen molar-refractivity contribution < 1.29 is 72.4 Å². The van der Waals surface area contributed by atoms with Gasteiger partial charge in [-0.25, -0.2) is 0 Å². The van der Waals surface area contributed by atoms with E-state index >= 15 is 0 Å². The summed E-state index contributed by atoms with van der Waals surface area (Å²) in [5, 5.41) is 29.9. The molecule has 4 saturated carbocycles. The average molecular weight is 869 g/mol. The maximum Gasteiger partial charge on any atom is 0.429 e. The second-order valence-corrected chi connectivity index (χ2v) is 23.6. The van der Waals surface area contributed by atoms with Gasteiger partial charge in [-0.05, 0) is 155 Å². The van der Waals surface area contributed by atoms with Crippen LogP contribution in [0.1, 0.15) is 104 Å². The summed E-state index contributed by atoms with van der Waals surface area (Å²) in [6.45, 7) is 8.08. The Morgan fingerprint density at radius 3 is 1.29 bits per heavy atom. The number of hydrogen-bond acceptors (Lipinski definition) is 4. The Morgan fingerprint density at radius 1 is 0.621 bits per heavy atom. The van der Waals surface area contributed by atoms with Gasteiger partial charge in [-0.1, -0.05) is 49.3 Å². The minimum atomic E-state index is -5.84. The second-order valence-electron chi connectivity index (χ2n) is 19.2. The fraction of sp³-hybridized carbons (Fsp3) is 0.805. The van der Waals surface area contributed by atoms with Gasteiger partial charge in [0.2, 0.25) is 0 Å². The van der Waals surface area contributed by atoms with E-state index in [2.05, 4.69) is 13.0 Å². The first kappa shape index (κ1) is 47.2. The maximum absolute atomic E-state index is 13.8. The zero-order valence-electron chi connectivity index (χ0n) is 33.5. The van der Waals surface area contributed by atoms with E-state index in [-0.39, 0.29) is 47.7 Å². The summed E-state index contributed by atoms with van der Waals surface area (Å²) < 4.78 is 164. The standard InChI is InChI=1S/C22H32F6O2Si.C19H24F6O2/c1-18-10-5-7-16(29)15(18)8-9-17(18)19(13-14-19)11-6-12-20(21(23,24)25,22(26,27)28)30-31(2,3)4;1-15-7-2-4-13(26)12(15)5-6-14(15)16(10-11-16)8-3-9-17(27,18(20,21)22)19(23,24)25/h6,9,12,15-16,29H,5,7-8,10-11,13-14H2,1-4H3;3,6,9,12-13,26-27H,2,4-5,7-8,10-11H2,1H3/b12-6+;9-3+/t15?,16-,18-;12?,13-,15-/m00/s1. The summed E-state index contributed by atoms with van der Waals surface area (Å²) in [4.78, 5) is 0. The molecule has 6 rings (SSSR count). The first-order valence-electron chi connectivity index (χ1n) is 20.1. The zero-order chi connectivity index (χ0) is 43.8. The monoisotopic (exact) mass is 868 g/mol. The third-order valence-electron chi connectivity index (χ3n) is 14.1. The summed E-state index contributed by atoms with van der Waals surface area (Å²) in [5.41, 5.74) is -8.30. The van der Waals surface area contributed by atoms with Crippen LogP contribution in [0, 0.1) is 33.5 Å². The third-order valence-corrected chi connectivity index (χ3v) is 15.0. The molecule has 0 spiro atoms. The zero-order valence-corrected chi connectivity index (χ0v) is 34.5. The van der Waals surface area contributed by atoms with Gasteiger partial charge in [-0.15, -0.1) is 0 Å². The number of aliphatic hydroxyl groups excluding tert-OH is 2. The van der Waals surface area contributed by atoms with Gasteiger partial charge in [0, 0.05) is 0 Å². The van der Waals surface area contributed by atoms with E-state index in [1.54, 1.807) is 0 Å². The lowest BCUT2D eigenvalue weighted by Gasteiger charge is -2.44. The van der Waals surface area contributed by atoms with Crippen molar-refractivity contribution in [3.8, 4) is 0 Å². The Kier molecular flexibility index (Phi) is 12.4. The average Bonchev–Trinajstić information content (AvgIpc) is 3.94. The van der Waals surface area contributed by atoms with Crippen LogP contribution in [0.15, 0.2) is 47.6 Å². The normalized spacial score (nSPS) is 32.7. The van der Waals surface area contributed by atoms with Gasteiger partial charge in [0.05, 0.1) is 12.2 Å². The van der Waals surface area contributed by atoms with Crippen LogP contribution < -0.4 is 0 Å². The Hall–Kier alpha value is -1.82. The van der Waals surface area contributed by atoms with E-state index < -0.39 is 67.3 Å². The number of alkyl halides is 12. The Bertz CT molecular complexity index is 1600. The molecule has 17 heteroatoms. The molecule has 58 heavy (non-hydrogen) atoms. The Balaban J connectivity index is 0.000000223. The smallest absolute Gasteiger partial charge is 0.394 e. The minimum Gasteiger partial charge on any atom is -0.394 e. The number of allylic oxidation sites excluding steroid dienone is 6. The molecular formula is C41H56F12O4Si. The highest BCUT2D eigenvalue weighted by atomic mass is 28.4. The molecule has 3 N–H and O–H groups in total. The highest BCUT2D eigenvalue weighted by Crippen LogP contribution is 2.68. The van der Waals surface area contributed by atoms with Gasteiger partial charge in [0.15, 0.2) is 8.32 Å². The lowest BCUT2D eigenvalue weighted by atomic mass is 9.62. The molecule has 6 aliphatic carbocycles.